The molecule has 1 amide bonds. The van der Waals surface area contributed by atoms with Gasteiger partial charge >= 0.3 is 0 Å². The fraction of sp³-hybridized carbons (Fsp3) is 0.158. The van der Waals surface area contributed by atoms with Crippen LogP contribution in [0.25, 0.3) is 11.3 Å². The second kappa shape index (κ2) is 6.55. The number of hydrogen-bond donors (Lipinski definition) is 2. The van der Waals surface area contributed by atoms with Crippen LogP contribution in [0.4, 0.5) is 11.4 Å². The largest absolute Gasteiger partial charge is 0.322 e. The van der Waals surface area contributed by atoms with Crippen molar-refractivity contribution in [2.24, 2.45) is 0 Å². The average molecular weight is 382 g/mol. The first-order valence-electron chi connectivity index (χ1n) is 8.43. The summed E-state index contributed by atoms with van der Waals surface area (Å²) in [5, 5.41) is 9.72. The van der Waals surface area contributed by atoms with Crippen molar-refractivity contribution in [3.63, 3.8) is 0 Å². The smallest absolute Gasteiger partial charge is 0.255 e. The number of carbonyl (C=O) groups is 1. The van der Waals surface area contributed by atoms with Gasteiger partial charge in [-0.15, -0.1) is 0 Å². The van der Waals surface area contributed by atoms with E-state index in [4.69, 9.17) is 0 Å². The summed E-state index contributed by atoms with van der Waals surface area (Å²) in [7, 11) is -3.30. The lowest BCUT2D eigenvalue weighted by atomic mass is 10.1. The standard InChI is InChI=1S/C19H18N4O3S/c1-27(25,26)23-10-8-14-11-15(5-6-18(14)23)19(24)21-16-4-2-3-13(12-16)17-7-9-20-22-17/h2-7,9,11-12H,8,10H2,1H3,(H,20,22)(H,21,24). The summed E-state index contributed by atoms with van der Waals surface area (Å²) in [4.78, 5) is 12.6. The van der Waals surface area contributed by atoms with Crippen molar-refractivity contribution in [2.45, 2.75) is 6.42 Å². The fourth-order valence-corrected chi connectivity index (χ4v) is 4.20. The Hall–Kier alpha value is -3.13. The molecule has 0 radical (unpaired) electrons. The number of fused-ring (bicyclic) bond motifs is 1. The quantitative estimate of drug-likeness (QED) is 0.725. The van der Waals surface area contributed by atoms with Crippen molar-refractivity contribution in [1.82, 2.24) is 10.2 Å². The molecule has 0 aliphatic carbocycles. The Morgan fingerprint density at radius 1 is 1.19 bits per heavy atom. The third-order valence-electron chi connectivity index (χ3n) is 4.53. The van der Waals surface area contributed by atoms with E-state index in [0.29, 0.717) is 29.9 Å². The third kappa shape index (κ3) is 3.43. The van der Waals surface area contributed by atoms with Crippen molar-refractivity contribution in [3.8, 4) is 11.3 Å². The normalized spacial score (nSPS) is 13.4. The molecule has 0 saturated heterocycles. The molecule has 0 saturated carbocycles. The number of rotatable bonds is 4. The highest BCUT2D eigenvalue weighted by atomic mass is 32.2. The molecule has 4 rings (SSSR count). The summed E-state index contributed by atoms with van der Waals surface area (Å²) in [6.07, 6.45) is 3.46. The van der Waals surface area contributed by atoms with Gasteiger partial charge in [0.05, 0.1) is 17.6 Å². The first-order chi connectivity index (χ1) is 12.9. The summed E-state index contributed by atoms with van der Waals surface area (Å²) >= 11 is 0. The number of nitrogens with zero attached hydrogens (tertiary/aromatic N) is 2. The van der Waals surface area contributed by atoms with E-state index in [9.17, 15) is 13.2 Å². The van der Waals surface area contributed by atoms with E-state index in [0.717, 1.165) is 16.8 Å². The lowest BCUT2D eigenvalue weighted by molar-refractivity contribution is 0.102. The van der Waals surface area contributed by atoms with Crippen molar-refractivity contribution in [3.05, 3.63) is 65.9 Å². The van der Waals surface area contributed by atoms with Gasteiger partial charge in [-0.1, -0.05) is 12.1 Å². The zero-order valence-electron chi connectivity index (χ0n) is 14.6. The van der Waals surface area contributed by atoms with Crippen LogP contribution in [0, 0.1) is 0 Å². The minimum absolute atomic E-state index is 0.239. The molecule has 27 heavy (non-hydrogen) atoms. The van der Waals surface area contributed by atoms with Crippen LogP contribution in [0.3, 0.4) is 0 Å². The number of nitrogens with one attached hydrogen (secondary N) is 2. The van der Waals surface area contributed by atoms with Crippen LogP contribution in [0.15, 0.2) is 54.7 Å². The second-order valence-electron chi connectivity index (χ2n) is 6.43. The van der Waals surface area contributed by atoms with E-state index in [-0.39, 0.29) is 5.91 Å². The Balaban J connectivity index is 1.56. The van der Waals surface area contributed by atoms with Gasteiger partial charge in [-0.2, -0.15) is 5.10 Å². The Bertz CT molecular complexity index is 1110. The number of benzene rings is 2. The maximum Gasteiger partial charge on any atom is 0.255 e. The summed E-state index contributed by atoms with van der Waals surface area (Å²) in [5.41, 5.74) is 4.46. The first kappa shape index (κ1) is 17.3. The molecular weight excluding hydrogens is 364 g/mol. The van der Waals surface area contributed by atoms with Crippen LogP contribution in [0.1, 0.15) is 15.9 Å². The Labute approximate surface area is 157 Å². The Morgan fingerprint density at radius 3 is 2.78 bits per heavy atom. The van der Waals surface area contributed by atoms with Crippen molar-refractivity contribution in [1.29, 1.82) is 0 Å². The highest BCUT2D eigenvalue weighted by Gasteiger charge is 2.26. The lowest BCUT2D eigenvalue weighted by Gasteiger charge is -2.16. The van der Waals surface area contributed by atoms with Crippen LogP contribution in [-0.2, 0) is 16.4 Å². The third-order valence-corrected chi connectivity index (χ3v) is 5.71. The molecule has 0 atom stereocenters. The zero-order chi connectivity index (χ0) is 19.0. The van der Waals surface area contributed by atoms with Gasteiger partial charge in [0.25, 0.3) is 5.91 Å². The summed E-state index contributed by atoms with van der Waals surface area (Å²) < 4.78 is 25.0. The summed E-state index contributed by atoms with van der Waals surface area (Å²) in [5.74, 6) is -0.239. The van der Waals surface area contributed by atoms with E-state index >= 15 is 0 Å². The van der Waals surface area contributed by atoms with Gasteiger partial charge in [0.15, 0.2) is 0 Å². The molecule has 0 unspecified atom stereocenters. The number of anilines is 2. The molecular formula is C19H18N4O3S. The van der Waals surface area contributed by atoms with E-state index in [1.54, 1.807) is 24.4 Å². The van der Waals surface area contributed by atoms with Gasteiger partial charge in [0.1, 0.15) is 0 Å². The second-order valence-corrected chi connectivity index (χ2v) is 8.34. The highest BCUT2D eigenvalue weighted by molar-refractivity contribution is 7.92. The molecule has 1 aliphatic heterocycles. The number of carbonyl (C=O) groups excluding carboxylic acids is 1. The first-order valence-corrected chi connectivity index (χ1v) is 10.3. The number of aromatic amines is 1. The SMILES string of the molecule is CS(=O)(=O)N1CCc2cc(C(=O)Nc3cccc(-c4ccn[nH]4)c3)ccc21. The molecule has 138 valence electrons. The summed E-state index contributed by atoms with van der Waals surface area (Å²) in [6.45, 7) is 0.408. The Kier molecular flexibility index (Phi) is 4.19. The van der Waals surface area contributed by atoms with Crippen LogP contribution >= 0.6 is 0 Å². The topological polar surface area (TPSA) is 95.2 Å². The minimum Gasteiger partial charge on any atom is -0.322 e. The highest BCUT2D eigenvalue weighted by Crippen LogP contribution is 2.31. The number of sulfonamides is 1. The van der Waals surface area contributed by atoms with Crippen LogP contribution < -0.4 is 9.62 Å². The molecule has 0 bridgehead atoms. The molecule has 0 spiro atoms. The predicted molar refractivity (Wildman–Crippen MR) is 104 cm³/mol. The van der Waals surface area contributed by atoms with E-state index < -0.39 is 10.0 Å². The Morgan fingerprint density at radius 2 is 2.04 bits per heavy atom. The van der Waals surface area contributed by atoms with Gasteiger partial charge in [0, 0.05) is 29.6 Å². The molecule has 7 nitrogen and oxygen atoms in total. The number of aromatic nitrogens is 2. The maximum absolute atomic E-state index is 12.6. The van der Waals surface area contributed by atoms with E-state index in [2.05, 4.69) is 15.5 Å². The van der Waals surface area contributed by atoms with Crippen molar-refractivity contribution >= 4 is 27.3 Å². The van der Waals surface area contributed by atoms with Crippen LogP contribution in [-0.4, -0.2) is 37.3 Å². The predicted octanol–water partition coefficient (Wildman–Crippen LogP) is 2.65. The fourth-order valence-electron chi connectivity index (χ4n) is 3.24. The molecule has 0 fully saturated rings. The van der Waals surface area contributed by atoms with Gasteiger partial charge in [-0.25, -0.2) is 8.42 Å². The maximum atomic E-state index is 12.6. The zero-order valence-corrected chi connectivity index (χ0v) is 15.5. The van der Waals surface area contributed by atoms with Gasteiger partial charge in [-0.05, 0) is 48.4 Å². The molecule has 2 N–H and O–H groups in total. The molecule has 1 aromatic heterocycles. The monoisotopic (exact) mass is 382 g/mol. The van der Waals surface area contributed by atoms with Crippen LogP contribution in [0.2, 0.25) is 0 Å². The van der Waals surface area contributed by atoms with E-state index in [1.807, 2.05) is 30.3 Å². The summed E-state index contributed by atoms with van der Waals surface area (Å²) in [6, 6.07) is 14.4. The lowest BCUT2D eigenvalue weighted by Crippen LogP contribution is -2.27. The molecule has 3 aromatic rings. The number of amides is 1. The van der Waals surface area contributed by atoms with E-state index in [1.165, 1.54) is 10.6 Å². The van der Waals surface area contributed by atoms with Crippen molar-refractivity contribution < 1.29 is 13.2 Å². The molecule has 2 heterocycles. The number of hydrogen-bond acceptors (Lipinski definition) is 4. The van der Waals surface area contributed by atoms with Gasteiger partial charge in [-0.3, -0.25) is 14.2 Å². The molecule has 2 aromatic carbocycles. The molecule has 1 aliphatic rings. The number of H-pyrrole nitrogens is 1. The molecule has 8 heteroatoms. The average Bonchev–Trinajstić information content (AvgIpc) is 3.30. The van der Waals surface area contributed by atoms with Gasteiger partial charge < -0.3 is 5.32 Å². The van der Waals surface area contributed by atoms with Gasteiger partial charge in [0.2, 0.25) is 10.0 Å². The van der Waals surface area contributed by atoms with Crippen LogP contribution in [0.5, 0.6) is 0 Å². The van der Waals surface area contributed by atoms with Crippen molar-refractivity contribution in [2.75, 3.05) is 22.4 Å². The minimum atomic E-state index is -3.30.